The van der Waals surface area contributed by atoms with E-state index in [1.165, 1.54) is 0 Å². The van der Waals surface area contributed by atoms with Crippen LogP contribution in [0.15, 0.2) is 53.9 Å². The highest BCUT2D eigenvalue weighted by molar-refractivity contribution is 7.91. The molecule has 0 bridgehead atoms. The highest BCUT2D eigenvalue weighted by Gasteiger charge is 2.08. The largest absolute Gasteiger partial charge is 0.611 e. The molecule has 0 aliphatic heterocycles. The van der Waals surface area contributed by atoms with Crippen molar-refractivity contribution in [3.8, 4) is 0 Å². The summed E-state index contributed by atoms with van der Waals surface area (Å²) in [6, 6.07) is 9.60. The van der Waals surface area contributed by atoms with Crippen molar-refractivity contribution in [3.63, 3.8) is 0 Å². The number of rotatable bonds is 5. The maximum atomic E-state index is 11.9. The number of nitrogens with zero attached hydrogens (tertiary/aromatic N) is 2. The molecule has 0 saturated carbocycles. The fourth-order valence-corrected chi connectivity index (χ4v) is 2.58. The first kappa shape index (κ1) is 11.2. The maximum Gasteiger partial charge on any atom is 0.152 e. The van der Waals surface area contributed by atoms with Gasteiger partial charge in [0.25, 0.3) is 0 Å². The molecule has 0 aliphatic rings. The molecule has 0 fully saturated rings. The van der Waals surface area contributed by atoms with E-state index in [4.69, 9.17) is 0 Å². The molecule has 0 amide bonds. The van der Waals surface area contributed by atoms with Crippen molar-refractivity contribution in [2.45, 2.75) is 17.9 Å². The van der Waals surface area contributed by atoms with Gasteiger partial charge in [0.05, 0.1) is 6.33 Å². The zero-order valence-corrected chi connectivity index (χ0v) is 9.77. The van der Waals surface area contributed by atoms with Crippen LogP contribution in [0.1, 0.15) is 6.42 Å². The lowest BCUT2D eigenvalue weighted by Crippen LogP contribution is -2.09. The smallest absolute Gasteiger partial charge is 0.152 e. The van der Waals surface area contributed by atoms with Crippen LogP contribution in [-0.2, 0) is 17.7 Å². The number of benzene rings is 1. The lowest BCUT2D eigenvalue weighted by atomic mass is 10.4. The second-order valence-corrected chi connectivity index (χ2v) is 5.09. The van der Waals surface area contributed by atoms with E-state index in [0.29, 0.717) is 5.75 Å². The molecule has 1 aromatic carbocycles. The number of aryl methyl sites for hydroxylation is 1. The normalized spacial score (nSPS) is 12.6. The molecule has 4 heteroatoms. The second-order valence-electron chi connectivity index (χ2n) is 3.52. The monoisotopic (exact) mass is 234 g/mol. The Morgan fingerprint density at radius 1 is 1.25 bits per heavy atom. The first-order chi connectivity index (χ1) is 7.86. The minimum Gasteiger partial charge on any atom is -0.611 e. The summed E-state index contributed by atoms with van der Waals surface area (Å²) < 4.78 is 13.9. The topological polar surface area (TPSA) is 40.9 Å². The van der Waals surface area contributed by atoms with Crippen molar-refractivity contribution in [1.29, 1.82) is 0 Å². The fraction of sp³-hybridized carbons (Fsp3) is 0.250. The third kappa shape index (κ3) is 3.12. The Morgan fingerprint density at radius 3 is 2.75 bits per heavy atom. The van der Waals surface area contributed by atoms with Crippen LogP contribution < -0.4 is 0 Å². The SMILES string of the molecule is [O-][S+](CCCn1ccnc1)c1ccccc1. The summed E-state index contributed by atoms with van der Waals surface area (Å²) in [6.45, 7) is 0.874. The third-order valence-electron chi connectivity index (χ3n) is 2.31. The van der Waals surface area contributed by atoms with Gasteiger partial charge in [-0.15, -0.1) is 0 Å². The molecule has 0 saturated heterocycles. The molecule has 2 aromatic rings. The molecule has 1 atom stereocenters. The Kier molecular flexibility index (Phi) is 4.02. The molecule has 84 valence electrons. The summed E-state index contributed by atoms with van der Waals surface area (Å²) in [5.41, 5.74) is 0. The Bertz CT molecular complexity index is 402. The first-order valence-electron chi connectivity index (χ1n) is 5.25. The number of hydrogen-bond donors (Lipinski definition) is 0. The minimum atomic E-state index is -0.879. The van der Waals surface area contributed by atoms with Crippen LogP contribution in [0.25, 0.3) is 0 Å². The third-order valence-corrected chi connectivity index (χ3v) is 3.77. The highest BCUT2D eigenvalue weighted by atomic mass is 32.2. The van der Waals surface area contributed by atoms with Gasteiger partial charge in [0.15, 0.2) is 4.90 Å². The van der Waals surface area contributed by atoms with Crippen molar-refractivity contribution in [1.82, 2.24) is 9.55 Å². The van der Waals surface area contributed by atoms with Crippen LogP contribution in [0.4, 0.5) is 0 Å². The highest BCUT2D eigenvalue weighted by Crippen LogP contribution is 2.11. The predicted molar refractivity (Wildman–Crippen MR) is 64.6 cm³/mol. The summed E-state index contributed by atoms with van der Waals surface area (Å²) in [4.78, 5) is 4.88. The number of aromatic nitrogens is 2. The van der Waals surface area contributed by atoms with Gasteiger partial charge in [-0.2, -0.15) is 0 Å². The summed E-state index contributed by atoms with van der Waals surface area (Å²) in [5.74, 6) is 0.697. The zero-order valence-electron chi connectivity index (χ0n) is 8.95. The fourth-order valence-electron chi connectivity index (χ4n) is 1.49. The van der Waals surface area contributed by atoms with Crippen LogP contribution >= 0.6 is 0 Å². The van der Waals surface area contributed by atoms with Gasteiger partial charge in [0.1, 0.15) is 5.75 Å². The summed E-state index contributed by atoms with van der Waals surface area (Å²) in [6.07, 6.45) is 6.36. The maximum absolute atomic E-state index is 11.9. The van der Waals surface area contributed by atoms with E-state index < -0.39 is 11.2 Å². The van der Waals surface area contributed by atoms with E-state index in [-0.39, 0.29) is 0 Å². The van der Waals surface area contributed by atoms with E-state index >= 15 is 0 Å². The van der Waals surface area contributed by atoms with Crippen molar-refractivity contribution in [3.05, 3.63) is 49.1 Å². The van der Waals surface area contributed by atoms with Crippen molar-refractivity contribution in [2.75, 3.05) is 5.75 Å². The molecule has 3 nitrogen and oxygen atoms in total. The van der Waals surface area contributed by atoms with Crippen LogP contribution in [0.3, 0.4) is 0 Å². The molecule has 0 aliphatic carbocycles. The molecule has 0 N–H and O–H groups in total. The van der Waals surface area contributed by atoms with Crippen molar-refractivity contribution in [2.24, 2.45) is 0 Å². The zero-order chi connectivity index (χ0) is 11.2. The van der Waals surface area contributed by atoms with Gasteiger partial charge in [-0.1, -0.05) is 18.2 Å². The Morgan fingerprint density at radius 2 is 2.06 bits per heavy atom. The summed E-state index contributed by atoms with van der Waals surface area (Å²) in [7, 11) is 0. The Hall–Kier alpha value is -1.26. The van der Waals surface area contributed by atoms with Gasteiger partial charge in [-0.05, 0) is 23.3 Å². The van der Waals surface area contributed by atoms with E-state index in [0.717, 1.165) is 17.9 Å². The van der Waals surface area contributed by atoms with Crippen LogP contribution in [0.5, 0.6) is 0 Å². The van der Waals surface area contributed by atoms with Gasteiger partial charge < -0.3 is 9.12 Å². The summed E-state index contributed by atoms with van der Waals surface area (Å²) in [5, 5.41) is 0. The van der Waals surface area contributed by atoms with Crippen LogP contribution in [-0.4, -0.2) is 19.9 Å². The Balaban J connectivity index is 1.78. The molecule has 1 unspecified atom stereocenters. The van der Waals surface area contributed by atoms with E-state index in [9.17, 15) is 4.55 Å². The first-order valence-corrected chi connectivity index (χ1v) is 6.57. The molecular weight excluding hydrogens is 220 g/mol. The molecule has 1 aromatic heterocycles. The van der Waals surface area contributed by atoms with Crippen molar-refractivity contribution >= 4 is 11.2 Å². The van der Waals surface area contributed by atoms with Gasteiger partial charge in [-0.25, -0.2) is 4.98 Å². The lowest BCUT2D eigenvalue weighted by Gasteiger charge is -2.10. The van der Waals surface area contributed by atoms with Gasteiger partial charge in [-0.3, -0.25) is 0 Å². The summed E-state index contributed by atoms with van der Waals surface area (Å²) >= 11 is -0.879. The molecular formula is C12H14N2OS. The lowest BCUT2D eigenvalue weighted by molar-refractivity contribution is 0.585. The van der Waals surface area contributed by atoms with E-state index in [1.54, 1.807) is 12.5 Å². The number of imidazole rings is 1. The molecule has 0 radical (unpaired) electrons. The van der Waals surface area contributed by atoms with Crippen LogP contribution in [0, 0.1) is 0 Å². The number of hydrogen-bond acceptors (Lipinski definition) is 2. The molecule has 16 heavy (non-hydrogen) atoms. The van der Waals surface area contributed by atoms with Gasteiger partial charge in [0.2, 0.25) is 0 Å². The van der Waals surface area contributed by atoms with Crippen LogP contribution in [0.2, 0.25) is 0 Å². The second kappa shape index (κ2) is 5.72. The predicted octanol–water partition coefficient (Wildman–Crippen LogP) is 2.08. The quantitative estimate of drug-likeness (QED) is 0.743. The average molecular weight is 234 g/mol. The van der Waals surface area contributed by atoms with Gasteiger partial charge in [0, 0.05) is 25.4 Å². The van der Waals surface area contributed by atoms with E-state index in [1.807, 2.05) is 41.1 Å². The van der Waals surface area contributed by atoms with Crippen molar-refractivity contribution < 1.29 is 4.55 Å². The van der Waals surface area contributed by atoms with Gasteiger partial charge >= 0.3 is 0 Å². The molecule has 2 rings (SSSR count). The standard InChI is InChI=1S/C12H14N2OS/c15-16(12-5-2-1-3-6-12)10-4-8-14-9-7-13-11-14/h1-3,5-7,9,11H,4,8,10H2. The molecule has 0 spiro atoms. The average Bonchev–Trinajstić information content (AvgIpc) is 2.83. The van der Waals surface area contributed by atoms with E-state index in [2.05, 4.69) is 4.98 Å². The molecule has 1 heterocycles. The minimum absolute atomic E-state index is 0.697. The Labute approximate surface area is 98.3 Å².